The molecule has 0 bridgehead atoms. The average Bonchev–Trinajstić information content (AvgIpc) is 2.06. The van der Waals surface area contributed by atoms with E-state index in [-0.39, 0.29) is 44.7 Å². The van der Waals surface area contributed by atoms with E-state index in [1.807, 2.05) is 0 Å². The number of hydrogen-bond acceptors (Lipinski definition) is 4. The lowest BCUT2D eigenvalue weighted by molar-refractivity contribution is 0.195. The second kappa shape index (κ2) is 17.8. The smallest absolute Gasteiger partial charge is 0.252 e. The lowest BCUT2D eigenvalue weighted by Crippen LogP contribution is -2.61. The third-order valence-corrected chi connectivity index (χ3v) is 19.8. The first-order valence-corrected chi connectivity index (χ1v) is 30.2. The molecule has 0 saturated heterocycles. The molecule has 0 spiro atoms. The van der Waals surface area contributed by atoms with E-state index in [0.29, 0.717) is 0 Å². The zero-order valence-electron chi connectivity index (χ0n) is 51.6. The summed E-state index contributed by atoms with van der Waals surface area (Å²) in [5.74, 6) is 0. The molecule has 1 saturated carbocycles. The molecule has 5 heteroatoms. The van der Waals surface area contributed by atoms with E-state index in [1.54, 1.807) is 0 Å². The Labute approximate surface area is 484 Å². The molecular formula is C76H84BN3O. The lowest BCUT2D eigenvalue weighted by atomic mass is 9.33. The van der Waals surface area contributed by atoms with Crippen LogP contribution < -0.4 is 31.1 Å². The first-order valence-electron chi connectivity index (χ1n) is 30.2. The Bertz CT molecular complexity index is 4020. The standard InChI is InChI=1S/C76H84BN3O/c1-70(2,3)48-25-31-53(32-26-48)78-62-36-29-52(74(13,14)15)44-59(62)77-58-33-38-66-67(56-42-50(72(7,8)9)30-37-65(56)81-66)69(58)79(60-34-27-49(71(4,5)6)41-55(60)47-23-19-18-20-24-47)64-46-54(45-63(78)68(64)77)80-61-35-28-51(73(10,11)12)43-57(61)75(16)39-21-22-40-76(75,80)17/h18-20,23-38,41-46H,21-22,39-40H2,1-17H3. The van der Waals surface area contributed by atoms with Crippen LogP contribution in [-0.2, 0) is 32.5 Å². The normalized spacial score (nSPS) is 19.0. The van der Waals surface area contributed by atoms with Gasteiger partial charge in [-0.05, 0) is 169 Å². The fourth-order valence-electron chi connectivity index (χ4n) is 14.7. The van der Waals surface area contributed by atoms with Crippen molar-refractivity contribution in [3.8, 4) is 11.1 Å². The minimum absolute atomic E-state index is 0.00165. The first-order chi connectivity index (χ1) is 38.1. The van der Waals surface area contributed by atoms with E-state index in [4.69, 9.17) is 4.42 Å². The van der Waals surface area contributed by atoms with E-state index in [1.165, 1.54) is 114 Å². The van der Waals surface area contributed by atoms with Gasteiger partial charge in [-0.25, -0.2) is 0 Å². The second-order valence-electron chi connectivity index (χ2n) is 30.2. The molecule has 1 aliphatic carbocycles. The van der Waals surface area contributed by atoms with Gasteiger partial charge in [0, 0.05) is 50.5 Å². The van der Waals surface area contributed by atoms with Crippen molar-refractivity contribution in [1.82, 2.24) is 0 Å². The van der Waals surface area contributed by atoms with Gasteiger partial charge in [0.25, 0.3) is 6.71 Å². The highest BCUT2D eigenvalue weighted by molar-refractivity contribution is 7.00. The molecule has 1 fully saturated rings. The maximum absolute atomic E-state index is 7.10. The van der Waals surface area contributed by atoms with Crippen molar-refractivity contribution >= 4 is 90.5 Å². The number of benzene rings is 8. The van der Waals surface area contributed by atoms with Gasteiger partial charge in [-0.15, -0.1) is 0 Å². The molecule has 3 aliphatic heterocycles. The van der Waals surface area contributed by atoms with Crippen LogP contribution in [0.2, 0.25) is 0 Å². The van der Waals surface area contributed by atoms with Crippen LogP contribution in [0.5, 0.6) is 0 Å². The van der Waals surface area contributed by atoms with Crippen LogP contribution in [0, 0.1) is 0 Å². The third-order valence-electron chi connectivity index (χ3n) is 19.8. The van der Waals surface area contributed by atoms with Crippen molar-refractivity contribution in [3.05, 3.63) is 185 Å². The third kappa shape index (κ3) is 8.19. The molecule has 0 amide bonds. The van der Waals surface area contributed by atoms with Crippen molar-refractivity contribution in [2.75, 3.05) is 14.7 Å². The molecule has 2 unspecified atom stereocenters. The highest BCUT2D eigenvalue weighted by Gasteiger charge is 2.58. The molecule has 4 nitrogen and oxygen atoms in total. The summed E-state index contributed by atoms with van der Waals surface area (Å²) in [6, 6.07) is 59.9. The van der Waals surface area contributed by atoms with Gasteiger partial charge in [0.1, 0.15) is 11.2 Å². The van der Waals surface area contributed by atoms with Gasteiger partial charge in [-0.2, -0.15) is 0 Å². The van der Waals surface area contributed by atoms with E-state index in [9.17, 15) is 0 Å². The highest BCUT2D eigenvalue weighted by Crippen LogP contribution is 2.63. The fourth-order valence-corrected chi connectivity index (χ4v) is 14.7. The van der Waals surface area contributed by atoms with Crippen molar-refractivity contribution in [2.45, 2.75) is 181 Å². The van der Waals surface area contributed by atoms with Gasteiger partial charge >= 0.3 is 0 Å². The van der Waals surface area contributed by atoms with Crippen LogP contribution in [0.15, 0.2) is 156 Å². The van der Waals surface area contributed by atoms with Crippen LogP contribution in [-0.4, -0.2) is 12.3 Å². The molecule has 0 radical (unpaired) electrons. The topological polar surface area (TPSA) is 22.9 Å². The minimum atomic E-state index is -0.198. The Morgan fingerprint density at radius 2 is 0.963 bits per heavy atom. The summed E-state index contributed by atoms with van der Waals surface area (Å²) in [5.41, 5.74) is 25.5. The van der Waals surface area contributed by atoms with E-state index < -0.39 is 0 Å². The summed E-state index contributed by atoms with van der Waals surface area (Å²) >= 11 is 0. The van der Waals surface area contributed by atoms with Crippen LogP contribution in [0.4, 0.5) is 45.5 Å². The Morgan fingerprint density at radius 3 is 1.60 bits per heavy atom. The SMILES string of the molecule is CC(C)(C)c1ccc(N2c3ccc(C(C)(C)C)cc3B3c4ccc5oc6ccc(C(C)(C)C)cc6c5c4N(c4ccc(C(C)(C)C)cc4-c4ccccc4)c4cc(N5c6ccc(C(C)(C)C)cc6C6(C)CCCCC56C)cc2c43)cc1. The molecule has 13 rings (SSSR count). The summed E-state index contributed by atoms with van der Waals surface area (Å²) in [4.78, 5) is 8.18. The number of hydrogen-bond donors (Lipinski definition) is 0. The molecule has 0 N–H and O–H groups in total. The van der Waals surface area contributed by atoms with Crippen LogP contribution in [0.3, 0.4) is 0 Å². The number of anilines is 8. The van der Waals surface area contributed by atoms with Gasteiger partial charge in [-0.1, -0.05) is 209 Å². The van der Waals surface area contributed by atoms with Crippen LogP contribution in [0.1, 0.15) is 177 Å². The van der Waals surface area contributed by atoms with Crippen molar-refractivity contribution in [2.24, 2.45) is 0 Å². The Morgan fingerprint density at radius 1 is 0.432 bits per heavy atom. The molecule has 2 atom stereocenters. The van der Waals surface area contributed by atoms with E-state index >= 15 is 0 Å². The first kappa shape index (κ1) is 53.3. The van der Waals surface area contributed by atoms with Crippen LogP contribution >= 0.6 is 0 Å². The number of nitrogens with zero attached hydrogens (tertiary/aromatic N) is 3. The molecule has 1 aromatic heterocycles. The quantitative estimate of drug-likeness (QED) is 0.164. The van der Waals surface area contributed by atoms with Crippen molar-refractivity contribution in [1.29, 1.82) is 0 Å². The lowest BCUT2D eigenvalue weighted by Gasteiger charge is -2.51. The predicted molar refractivity (Wildman–Crippen MR) is 349 cm³/mol. The number of rotatable bonds is 4. The molecule has 4 heterocycles. The Balaban J connectivity index is 1.22. The van der Waals surface area contributed by atoms with Gasteiger partial charge in [0.2, 0.25) is 0 Å². The molecule has 9 aromatic rings. The average molecular weight is 1070 g/mol. The fraction of sp³-hybridized carbons (Fsp3) is 0.368. The number of fused-ring (bicyclic) bond motifs is 11. The van der Waals surface area contributed by atoms with E-state index in [0.717, 1.165) is 40.5 Å². The summed E-state index contributed by atoms with van der Waals surface area (Å²) in [7, 11) is 0. The monoisotopic (exact) mass is 1070 g/mol. The number of furan rings is 1. The molecular weight excluding hydrogens is 982 g/mol. The van der Waals surface area contributed by atoms with Crippen molar-refractivity contribution in [3.63, 3.8) is 0 Å². The van der Waals surface area contributed by atoms with Gasteiger partial charge in [0.15, 0.2) is 0 Å². The molecule has 81 heavy (non-hydrogen) atoms. The largest absolute Gasteiger partial charge is 0.456 e. The minimum Gasteiger partial charge on any atom is -0.456 e. The van der Waals surface area contributed by atoms with Crippen molar-refractivity contribution < 1.29 is 4.42 Å². The second-order valence-corrected chi connectivity index (χ2v) is 30.2. The van der Waals surface area contributed by atoms with Gasteiger partial charge in [0.05, 0.1) is 22.3 Å². The van der Waals surface area contributed by atoms with E-state index in [2.05, 4.69) is 284 Å². The van der Waals surface area contributed by atoms with Crippen LogP contribution in [0.25, 0.3) is 33.1 Å². The Hall–Kier alpha value is -6.98. The summed E-state index contributed by atoms with van der Waals surface area (Å²) < 4.78 is 7.10. The molecule has 4 aliphatic rings. The Kier molecular flexibility index (Phi) is 11.7. The maximum Gasteiger partial charge on any atom is 0.252 e. The summed E-state index contributed by atoms with van der Waals surface area (Å²) in [6.45, 7) is 40.3. The summed E-state index contributed by atoms with van der Waals surface area (Å²) in [6.07, 6.45) is 4.68. The van der Waals surface area contributed by atoms with Gasteiger partial charge < -0.3 is 19.1 Å². The highest BCUT2D eigenvalue weighted by atomic mass is 16.3. The summed E-state index contributed by atoms with van der Waals surface area (Å²) in [5, 5.41) is 2.31. The zero-order valence-corrected chi connectivity index (χ0v) is 51.6. The predicted octanol–water partition coefficient (Wildman–Crippen LogP) is 19.6. The molecule has 412 valence electrons. The van der Waals surface area contributed by atoms with Gasteiger partial charge in [-0.3, -0.25) is 0 Å². The molecule has 8 aromatic carbocycles. The maximum atomic E-state index is 7.10. The zero-order chi connectivity index (χ0) is 57.3.